The lowest BCUT2D eigenvalue weighted by molar-refractivity contribution is -0.130. The van der Waals surface area contributed by atoms with Crippen LogP contribution in [0.5, 0.6) is 0 Å². The normalized spacial score (nSPS) is 20.0. The Labute approximate surface area is 143 Å². The first kappa shape index (κ1) is 17.4. The van der Waals surface area contributed by atoms with Gasteiger partial charge < -0.3 is 10.6 Å². The minimum absolute atomic E-state index is 0.0992. The molecule has 132 valence electrons. The molecule has 0 unspecified atom stereocenters. The number of carbonyl (C=O) groups is 2. The molecule has 0 radical (unpaired) electrons. The van der Waals surface area contributed by atoms with Crippen molar-refractivity contribution in [3.8, 4) is 0 Å². The second-order valence-corrected chi connectivity index (χ2v) is 6.45. The third-order valence-corrected chi connectivity index (χ3v) is 4.91. The highest BCUT2D eigenvalue weighted by Gasteiger charge is 2.41. The van der Waals surface area contributed by atoms with Crippen LogP contribution in [0.3, 0.4) is 0 Å². The number of thiophene rings is 1. The maximum absolute atomic E-state index is 13.7. The standard InChI is InChI=1S/C16H12F4N2O2S/c17-9-2-1-3-10(13(9)18)22-16(24)12-8(5-21-15(12)23)7-4-11(14(19)20)25-6-7/h1-4,6,8,12,14H,5H2,(H,21,23)(H,22,24)/t8-,12-/m1/s1. The Hall–Kier alpha value is -2.42. The molecule has 0 bridgehead atoms. The van der Waals surface area contributed by atoms with Crippen LogP contribution in [0, 0.1) is 17.6 Å². The highest BCUT2D eigenvalue weighted by atomic mass is 32.1. The number of benzene rings is 1. The van der Waals surface area contributed by atoms with E-state index in [2.05, 4.69) is 10.6 Å². The SMILES string of the molecule is O=C1NC[C@H](c2csc(C(F)F)c2)[C@H]1C(=O)Nc1cccc(F)c1F. The molecule has 1 aromatic heterocycles. The predicted molar refractivity (Wildman–Crippen MR) is 83.5 cm³/mol. The van der Waals surface area contributed by atoms with Gasteiger partial charge in [0.15, 0.2) is 11.6 Å². The number of alkyl halides is 2. The van der Waals surface area contributed by atoms with Crippen molar-refractivity contribution in [3.05, 3.63) is 51.7 Å². The maximum atomic E-state index is 13.7. The Morgan fingerprint density at radius 2 is 2.08 bits per heavy atom. The van der Waals surface area contributed by atoms with Gasteiger partial charge in [0.05, 0.1) is 10.6 Å². The van der Waals surface area contributed by atoms with Gasteiger partial charge in [0.2, 0.25) is 11.8 Å². The number of anilines is 1. The molecule has 0 aliphatic carbocycles. The molecule has 2 heterocycles. The number of carbonyl (C=O) groups excluding carboxylic acids is 2. The Balaban J connectivity index is 1.83. The molecule has 25 heavy (non-hydrogen) atoms. The van der Waals surface area contributed by atoms with E-state index in [-0.39, 0.29) is 17.1 Å². The molecule has 1 fully saturated rings. The molecule has 2 N–H and O–H groups in total. The van der Waals surface area contributed by atoms with Crippen LogP contribution in [0.25, 0.3) is 0 Å². The molecule has 1 aromatic carbocycles. The molecule has 0 saturated carbocycles. The fourth-order valence-corrected chi connectivity index (χ4v) is 3.54. The van der Waals surface area contributed by atoms with E-state index in [1.54, 1.807) is 0 Å². The van der Waals surface area contributed by atoms with Gasteiger partial charge in [-0.05, 0) is 29.1 Å². The highest BCUT2D eigenvalue weighted by Crippen LogP contribution is 2.35. The van der Waals surface area contributed by atoms with Gasteiger partial charge in [0, 0.05) is 12.5 Å². The molecule has 1 aliphatic heterocycles. The van der Waals surface area contributed by atoms with E-state index in [9.17, 15) is 27.2 Å². The molecule has 1 aliphatic rings. The largest absolute Gasteiger partial charge is 0.355 e. The second-order valence-electron chi connectivity index (χ2n) is 5.50. The maximum Gasteiger partial charge on any atom is 0.272 e. The average molecular weight is 372 g/mol. The first-order chi connectivity index (χ1) is 11.9. The topological polar surface area (TPSA) is 58.2 Å². The van der Waals surface area contributed by atoms with E-state index in [0.717, 1.165) is 23.5 Å². The summed E-state index contributed by atoms with van der Waals surface area (Å²) in [4.78, 5) is 24.2. The summed E-state index contributed by atoms with van der Waals surface area (Å²) < 4.78 is 52.4. The van der Waals surface area contributed by atoms with Crippen LogP contribution in [0.2, 0.25) is 0 Å². The summed E-state index contributed by atoms with van der Waals surface area (Å²) in [6.45, 7) is 0.0992. The monoisotopic (exact) mass is 372 g/mol. The van der Waals surface area contributed by atoms with E-state index < -0.39 is 41.7 Å². The zero-order valence-corrected chi connectivity index (χ0v) is 13.4. The molecule has 1 saturated heterocycles. The first-order valence-electron chi connectivity index (χ1n) is 7.27. The smallest absolute Gasteiger partial charge is 0.272 e. The van der Waals surface area contributed by atoms with Crippen molar-refractivity contribution in [1.82, 2.24) is 5.32 Å². The first-order valence-corrected chi connectivity index (χ1v) is 8.15. The average Bonchev–Trinajstić information content (AvgIpc) is 3.18. The zero-order chi connectivity index (χ0) is 18.1. The molecular formula is C16H12F4N2O2S. The Morgan fingerprint density at radius 1 is 1.32 bits per heavy atom. The van der Waals surface area contributed by atoms with E-state index in [1.807, 2.05) is 0 Å². The zero-order valence-electron chi connectivity index (χ0n) is 12.6. The highest BCUT2D eigenvalue weighted by molar-refractivity contribution is 7.10. The second kappa shape index (κ2) is 6.83. The summed E-state index contributed by atoms with van der Waals surface area (Å²) in [6, 6.07) is 4.53. The molecule has 2 aromatic rings. The van der Waals surface area contributed by atoms with Gasteiger partial charge in [-0.15, -0.1) is 11.3 Å². The predicted octanol–water partition coefficient (Wildman–Crippen LogP) is 3.43. The Bertz CT molecular complexity index is 824. The van der Waals surface area contributed by atoms with Gasteiger partial charge in [-0.25, -0.2) is 17.6 Å². The van der Waals surface area contributed by atoms with Gasteiger partial charge in [0.1, 0.15) is 5.92 Å². The summed E-state index contributed by atoms with van der Waals surface area (Å²) in [5.74, 6) is -5.67. The van der Waals surface area contributed by atoms with Gasteiger partial charge >= 0.3 is 0 Å². The van der Waals surface area contributed by atoms with Crippen LogP contribution in [0.4, 0.5) is 23.2 Å². The molecule has 4 nitrogen and oxygen atoms in total. The molecule has 9 heteroatoms. The van der Waals surface area contributed by atoms with Crippen LogP contribution in [-0.4, -0.2) is 18.4 Å². The van der Waals surface area contributed by atoms with E-state index >= 15 is 0 Å². The van der Waals surface area contributed by atoms with Crippen LogP contribution in [0.1, 0.15) is 22.8 Å². The Kier molecular flexibility index (Phi) is 4.76. The minimum Gasteiger partial charge on any atom is -0.355 e. The van der Waals surface area contributed by atoms with E-state index in [4.69, 9.17) is 0 Å². The summed E-state index contributed by atoms with van der Waals surface area (Å²) in [7, 11) is 0. The third-order valence-electron chi connectivity index (χ3n) is 3.96. The van der Waals surface area contributed by atoms with Crippen molar-refractivity contribution in [2.45, 2.75) is 12.3 Å². The summed E-state index contributed by atoms with van der Waals surface area (Å²) in [5.41, 5.74) is 0.0422. The fraction of sp³-hybridized carbons (Fsp3) is 0.250. The summed E-state index contributed by atoms with van der Waals surface area (Å²) >= 11 is 0.837. The number of nitrogens with one attached hydrogen (secondary N) is 2. The quantitative estimate of drug-likeness (QED) is 0.638. The lowest BCUT2D eigenvalue weighted by atomic mass is 9.89. The van der Waals surface area contributed by atoms with Gasteiger partial charge in [-0.3, -0.25) is 9.59 Å². The number of hydrogen-bond donors (Lipinski definition) is 2. The number of rotatable bonds is 4. The lowest BCUT2D eigenvalue weighted by Crippen LogP contribution is -2.32. The summed E-state index contributed by atoms with van der Waals surface area (Å²) in [5, 5.41) is 6.16. The van der Waals surface area contributed by atoms with E-state index in [0.29, 0.717) is 5.56 Å². The Morgan fingerprint density at radius 3 is 2.76 bits per heavy atom. The third kappa shape index (κ3) is 3.37. The summed E-state index contributed by atoms with van der Waals surface area (Å²) in [6.07, 6.45) is -2.64. The molecule has 2 atom stereocenters. The lowest BCUT2D eigenvalue weighted by Gasteiger charge is -2.16. The van der Waals surface area contributed by atoms with Crippen LogP contribution in [0.15, 0.2) is 29.6 Å². The fourth-order valence-electron chi connectivity index (χ4n) is 2.72. The van der Waals surface area contributed by atoms with Crippen molar-refractivity contribution in [2.75, 3.05) is 11.9 Å². The van der Waals surface area contributed by atoms with Crippen molar-refractivity contribution >= 4 is 28.8 Å². The van der Waals surface area contributed by atoms with Crippen molar-refractivity contribution in [3.63, 3.8) is 0 Å². The molecular weight excluding hydrogens is 360 g/mol. The van der Waals surface area contributed by atoms with E-state index in [1.165, 1.54) is 17.5 Å². The number of halogens is 4. The van der Waals surface area contributed by atoms with Crippen LogP contribution >= 0.6 is 11.3 Å². The van der Waals surface area contributed by atoms with Crippen molar-refractivity contribution < 1.29 is 27.2 Å². The van der Waals surface area contributed by atoms with Crippen molar-refractivity contribution in [2.24, 2.45) is 5.92 Å². The number of hydrogen-bond acceptors (Lipinski definition) is 3. The minimum atomic E-state index is -2.64. The van der Waals surface area contributed by atoms with Gasteiger partial charge in [0.25, 0.3) is 6.43 Å². The number of amides is 2. The molecule has 2 amide bonds. The van der Waals surface area contributed by atoms with Crippen LogP contribution in [-0.2, 0) is 9.59 Å². The molecule has 0 spiro atoms. The van der Waals surface area contributed by atoms with Gasteiger partial charge in [-0.1, -0.05) is 6.07 Å². The molecule has 3 rings (SSSR count). The van der Waals surface area contributed by atoms with Crippen molar-refractivity contribution in [1.29, 1.82) is 0 Å². The van der Waals surface area contributed by atoms with Crippen LogP contribution < -0.4 is 10.6 Å². The van der Waals surface area contributed by atoms with Gasteiger partial charge in [-0.2, -0.15) is 0 Å².